The lowest BCUT2D eigenvalue weighted by molar-refractivity contribution is -0.140. The van der Waals surface area contributed by atoms with Crippen LogP contribution in [0.3, 0.4) is 0 Å². The molecule has 1 amide bonds. The predicted molar refractivity (Wildman–Crippen MR) is 138 cm³/mol. The molecule has 0 aromatic heterocycles. The van der Waals surface area contributed by atoms with Gasteiger partial charge < -0.3 is 29.3 Å². The summed E-state index contributed by atoms with van der Waals surface area (Å²) in [6, 6.07) is 10.7. The van der Waals surface area contributed by atoms with Crippen molar-refractivity contribution in [2.45, 2.75) is 32.4 Å². The molecule has 0 spiro atoms. The van der Waals surface area contributed by atoms with Crippen molar-refractivity contribution in [3.05, 3.63) is 59.2 Å². The minimum atomic E-state index is -0.832. The van der Waals surface area contributed by atoms with E-state index in [0.717, 1.165) is 19.6 Å². The summed E-state index contributed by atoms with van der Waals surface area (Å²) in [6.45, 7) is 7.92. The van der Waals surface area contributed by atoms with Gasteiger partial charge in [-0.25, -0.2) is 0 Å². The zero-order valence-electron chi connectivity index (χ0n) is 21.5. The second kappa shape index (κ2) is 11.7. The summed E-state index contributed by atoms with van der Waals surface area (Å²) in [6.07, 6.45) is 0.589. The van der Waals surface area contributed by atoms with E-state index >= 15 is 0 Å². The Morgan fingerprint density at radius 2 is 1.84 bits per heavy atom. The molecule has 4 rings (SSSR count). The number of Topliss-reactive ketones (excluding diaryl/α,β-unsaturated/α-hetero) is 1. The molecule has 2 saturated heterocycles. The molecule has 2 aromatic rings. The number of aliphatic hydroxyl groups is 1. The van der Waals surface area contributed by atoms with E-state index in [9.17, 15) is 19.8 Å². The SMILES string of the molecule is COc1ccc(/C(O)=C2\C(=O)C(=O)N(CCCN3CCOCC3)C2c2cccc(OC(C)C)c2)c(O)c1. The van der Waals surface area contributed by atoms with Gasteiger partial charge in [-0.15, -0.1) is 0 Å². The fraction of sp³-hybridized carbons (Fsp3) is 0.429. The van der Waals surface area contributed by atoms with Crippen LogP contribution in [0.1, 0.15) is 37.4 Å². The van der Waals surface area contributed by atoms with Crippen molar-refractivity contribution in [3.8, 4) is 17.2 Å². The third-order valence-electron chi connectivity index (χ3n) is 6.52. The van der Waals surface area contributed by atoms with Gasteiger partial charge in [-0.2, -0.15) is 0 Å². The smallest absolute Gasteiger partial charge is 0.295 e. The molecule has 1 unspecified atom stereocenters. The Morgan fingerprint density at radius 1 is 1.08 bits per heavy atom. The quantitative estimate of drug-likeness (QED) is 0.300. The van der Waals surface area contributed by atoms with E-state index in [-0.39, 0.29) is 23.0 Å². The first-order valence-electron chi connectivity index (χ1n) is 12.5. The lowest BCUT2D eigenvalue weighted by Crippen LogP contribution is -2.39. The molecule has 198 valence electrons. The van der Waals surface area contributed by atoms with Gasteiger partial charge >= 0.3 is 0 Å². The van der Waals surface area contributed by atoms with Crippen molar-refractivity contribution < 1.29 is 34.0 Å². The van der Waals surface area contributed by atoms with Crippen LogP contribution < -0.4 is 9.47 Å². The first-order chi connectivity index (χ1) is 17.8. The Hall–Kier alpha value is -3.56. The number of hydrogen-bond donors (Lipinski definition) is 2. The minimum absolute atomic E-state index is 0.0479. The number of carbonyl (C=O) groups excluding carboxylic acids is 2. The average Bonchev–Trinajstić information content (AvgIpc) is 3.13. The van der Waals surface area contributed by atoms with Gasteiger partial charge in [0.05, 0.1) is 43.6 Å². The Balaban J connectivity index is 1.72. The van der Waals surface area contributed by atoms with Crippen LogP contribution in [-0.4, -0.2) is 84.3 Å². The second-order valence-electron chi connectivity index (χ2n) is 9.42. The van der Waals surface area contributed by atoms with Crippen LogP contribution in [0, 0.1) is 0 Å². The highest BCUT2D eigenvalue weighted by Crippen LogP contribution is 2.42. The van der Waals surface area contributed by atoms with E-state index in [1.54, 1.807) is 24.3 Å². The number of hydrogen-bond acceptors (Lipinski definition) is 8. The highest BCUT2D eigenvalue weighted by Gasteiger charge is 2.46. The van der Waals surface area contributed by atoms with Crippen molar-refractivity contribution >= 4 is 17.4 Å². The summed E-state index contributed by atoms with van der Waals surface area (Å²) in [7, 11) is 1.46. The number of ether oxygens (including phenoxy) is 3. The standard InChI is InChI=1S/C28H34N2O7/c1-18(2)37-21-7-4-6-19(16-21)25-24(26(32)22-9-8-20(35-3)17-23(22)31)27(33)28(34)30(25)11-5-10-29-12-14-36-15-13-29/h4,6-9,16-18,25,31-32H,5,10-15H2,1-3H3/b26-24+. The summed E-state index contributed by atoms with van der Waals surface area (Å²) in [5.41, 5.74) is 0.614. The van der Waals surface area contributed by atoms with Gasteiger partial charge in [0.1, 0.15) is 23.0 Å². The number of phenols is 1. The zero-order valence-corrected chi connectivity index (χ0v) is 21.5. The Morgan fingerprint density at radius 3 is 2.51 bits per heavy atom. The lowest BCUT2D eigenvalue weighted by atomic mass is 9.94. The number of carbonyl (C=O) groups is 2. The maximum absolute atomic E-state index is 13.3. The van der Waals surface area contributed by atoms with Crippen LogP contribution in [0.2, 0.25) is 0 Å². The molecule has 0 saturated carbocycles. The molecule has 2 aliphatic heterocycles. The molecule has 2 heterocycles. The van der Waals surface area contributed by atoms with Crippen molar-refractivity contribution in [1.82, 2.24) is 9.80 Å². The molecule has 2 N–H and O–H groups in total. The fourth-order valence-corrected chi connectivity index (χ4v) is 4.76. The molecule has 9 heteroatoms. The third kappa shape index (κ3) is 5.89. The number of phenolic OH excluding ortho intramolecular Hbond substituents is 1. The number of ketones is 1. The summed E-state index contributed by atoms with van der Waals surface area (Å²) in [5.74, 6) is -1.18. The van der Waals surface area contributed by atoms with Crippen LogP contribution in [0.15, 0.2) is 48.0 Å². The summed E-state index contributed by atoms with van der Waals surface area (Å²) in [5, 5.41) is 21.8. The van der Waals surface area contributed by atoms with Gasteiger partial charge in [0.25, 0.3) is 11.7 Å². The Labute approximate surface area is 216 Å². The highest BCUT2D eigenvalue weighted by molar-refractivity contribution is 6.46. The molecule has 9 nitrogen and oxygen atoms in total. The van der Waals surface area contributed by atoms with E-state index in [2.05, 4.69) is 4.90 Å². The van der Waals surface area contributed by atoms with Crippen molar-refractivity contribution in [3.63, 3.8) is 0 Å². The number of morpholine rings is 1. The van der Waals surface area contributed by atoms with Gasteiger partial charge in [0, 0.05) is 32.2 Å². The van der Waals surface area contributed by atoms with Gasteiger partial charge in [0.15, 0.2) is 0 Å². The van der Waals surface area contributed by atoms with Crippen LogP contribution in [0.25, 0.3) is 5.76 Å². The van der Waals surface area contributed by atoms with Crippen molar-refractivity contribution in [2.24, 2.45) is 0 Å². The first kappa shape index (κ1) is 26.5. The number of nitrogens with zero attached hydrogens (tertiary/aromatic N) is 2. The van der Waals surface area contributed by atoms with E-state index in [4.69, 9.17) is 14.2 Å². The van der Waals surface area contributed by atoms with E-state index in [0.29, 0.717) is 43.2 Å². The van der Waals surface area contributed by atoms with E-state index in [1.165, 1.54) is 24.1 Å². The monoisotopic (exact) mass is 510 g/mol. The van der Waals surface area contributed by atoms with Crippen molar-refractivity contribution in [1.29, 1.82) is 0 Å². The first-order valence-corrected chi connectivity index (χ1v) is 12.5. The molecule has 37 heavy (non-hydrogen) atoms. The molecule has 0 aliphatic carbocycles. The Bertz CT molecular complexity index is 1170. The predicted octanol–water partition coefficient (Wildman–Crippen LogP) is 3.33. The van der Waals surface area contributed by atoms with E-state index in [1.807, 2.05) is 19.9 Å². The van der Waals surface area contributed by atoms with Crippen LogP contribution >= 0.6 is 0 Å². The number of rotatable bonds is 9. The number of aromatic hydroxyl groups is 1. The fourth-order valence-electron chi connectivity index (χ4n) is 4.76. The maximum Gasteiger partial charge on any atom is 0.295 e. The topological polar surface area (TPSA) is 109 Å². The Kier molecular flexibility index (Phi) is 8.35. The van der Waals surface area contributed by atoms with E-state index < -0.39 is 23.5 Å². The van der Waals surface area contributed by atoms with Gasteiger partial charge in [0.2, 0.25) is 0 Å². The van der Waals surface area contributed by atoms with Gasteiger partial charge in [-0.3, -0.25) is 14.5 Å². The summed E-state index contributed by atoms with van der Waals surface area (Å²) < 4.78 is 16.4. The summed E-state index contributed by atoms with van der Waals surface area (Å²) in [4.78, 5) is 30.3. The highest BCUT2D eigenvalue weighted by atomic mass is 16.5. The zero-order chi connectivity index (χ0) is 26.5. The molecule has 0 bridgehead atoms. The lowest BCUT2D eigenvalue weighted by Gasteiger charge is -2.29. The normalized spacial score (nSPS) is 20.0. The van der Waals surface area contributed by atoms with Gasteiger partial charge in [-0.05, 0) is 50.1 Å². The molecule has 2 aromatic carbocycles. The minimum Gasteiger partial charge on any atom is -0.507 e. The number of aliphatic hydroxyl groups excluding tert-OH is 1. The van der Waals surface area contributed by atoms with Crippen LogP contribution in [-0.2, 0) is 14.3 Å². The summed E-state index contributed by atoms with van der Waals surface area (Å²) >= 11 is 0. The number of amides is 1. The average molecular weight is 511 g/mol. The maximum atomic E-state index is 13.3. The molecule has 2 aliphatic rings. The van der Waals surface area contributed by atoms with Crippen LogP contribution in [0.5, 0.6) is 17.2 Å². The second-order valence-corrected chi connectivity index (χ2v) is 9.42. The molecule has 1 atom stereocenters. The van der Waals surface area contributed by atoms with Crippen LogP contribution in [0.4, 0.5) is 0 Å². The number of benzene rings is 2. The molecule has 2 fully saturated rings. The largest absolute Gasteiger partial charge is 0.507 e. The van der Waals surface area contributed by atoms with Gasteiger partial charge in [-0.1, -0.05) is 12.1 Å². The molecular weight excluding hydrogens is 476 g/mol. The third-order valence-corrected chi connectivity index (χ3v) is 6.52. The number of likely N-dealkylation sites (tertiary alicyclic amines) is 1. The molecular formula is C28H34N2O7. The van der Waals surface area contributed by atoms with Crippen molar-refractivity contribution in [2.75, 3.05) is 46.5 Å². The molecule has 0 radical (unpaired) electrons. The number of methoxy groups -OCH3 is 1.